The molecular formula is C26H24N4O4. The minimum Gasteiger partial charge on any atom is -0.459 e. The summed E-state index contributed by atoms with van der Waals surface area (Å²) in [5, 5.41) is 6.96. The second-order valence-corrected chi connectivity index (χ2v) is 8.41. The zero-order chi connectivity index (χ0) is 23.5. The quantitative estimate of drug-likeness (QED) is 0.458. The summed E-state index contributed by atoms with van der Waals surface area (Å²) >= 11 is 0. The Morgan fingerprint density at radius 2 is 1.85 bits per heavy atom. The standard InChI is InChI=1S/C26H24N4O4/c1-17-5-2-6-19(15-17)25-28-23(29-34-25)18-10-12-30(13-11-18)26(32)20-7-3-8-21(16-20)27-24(31)22-9-4-14-33-22/h2-9,14-16,18H,10-13H2,1H3,(H,27,31). The number of aryl methyl sites for hydroxylation is 1. The van der Waals surface area contributed by atoms with E-state index < -0.39 is 0 Å². The maximum absolute atomic E-state index is 13.1. The molecule has 0 bridgehead atoms. The summed E-state index contributed by atoms with van der Waals surface area (Å²) in [6.45, 7) is 3.22. The number of nitrogens with one attached hydrogen (secondary N) is 1. The molecule has 0 atom stereocenters. The summed E-state index contributed by atoms with van der Waals surface area (Å²) in [6.07, 6.45) is 2.96. The summed E-state index contributed by atoms with van der Waals surface area (Å²) in [7, 11) is 0. The monoisotopic (exact) mass is 456 g/mol. The second kappa shape index (κ2) is 9.35. The van der Waals surface area contributed by atoms with E-state index in [4.69, 9.17) is 8.94 Å². The van der Waals surface area contributed by atoms with E-state index in [0.717, 1.165) is 24.0 Å². The van der Waals surface area contributed by atoms with Gasteiger partial charge in [0.1, 0.15) is 0 Å². The van der Waals surface area contributed by atoms with Crippen molar-refractivity contribution in [2.75, 3.05) is 18.4 Å². The highest BCUT2D eigenvalue weighted by Crippen LogP contribution is 2.29. The number of likely N-dealkylation sites (tertiary alicyclic amines) is 1. The number of carbonyl (C=O) groups is 2. The molecule has 2 aromatic heterocycles. The predicted molar refractivity (Wildman–Crippen MR) is 125 cm³/mol. The van der Waals surface area contributed by atoms with Crippen molar-refractivity contribution in [2.24, 2.45) is 0 Å². The van der Waals surface area contributed by atoms with Crippen LogP contribution in [-0.4, -0.2) is 39.9 Å². The number of piperidine rings is 1. The number of nitrogens with zero attached hydrogens (tertiary/aromatic N) is 3. The van der Waals surface area contributed by atoms with E-state index in [-0.39, 0.29) is 23.5 Å². The van der Waals surface area contributed by atoms with Crippen LogP contribution in [0.5, 0.6) is 0 Å². The molecule has 8 heteroatoms. The van der Waals surface area contributed by atoms with Crippen molar-refractivity contribution in [3.05, 3.63) is 89.6 Å². The Hall–Kier alpha value is -4.20. The molecule has 2 amide bonds. The normalized spacial score (nSPS) is 14.2. The van der Waals surface area contributed by atoms with Gasteiger partial charge in [0.05, 0.1) is 6.26 Å². The molecule has 5 rings (SSSR count). The van der Waals surface area contributed by atoms with E-state index in [1.165, 1.54) is 6.26 Å². The number of carbonyl (C=O) groups excluding carboxylic acids is 2. The van der Waals surface area contributed by atoms with Gasteiger partial charge < -0.3 is 19.2 Å². The van der Waals surface area contributed by atoms with Crippen molar-refractivity contribution < 1.29 is 18.5 Å². The minimum atomic E-state index is -0.361. The van der Waals surface area contributed by atoms with Gasteiger partial charge in [0.2, 0.25) is 0 Å². The lowest BCUT2D eigenvalue weighted by molar-refractivity contribution is 0.0710. The Kier molecular flexibility index (Phi) is 5.95. The van der Waals surface area contributed by atoms with Gasteiger partial charge in [-0.25, -0.2) is 0 Å². The van der Waals surface area contributed by atoms with Crippen LogP contribution in [0.4, 0.5) is 5.69 Å². The van der Waals surface area contributed by atoms with Crippen molar-refractivity contribution in [3.8, 4) is 11.5 Å². The Morgan fingerprint density at radius 3 is 2.62 bits per heavy atom. The number of furan rings is 1. The largest absolute Gasteiger partial charge is 0.459 e. The molecule has 0 saturated carbocycles. The highest BCUT2D eigenvalue weighted by atomic mass is 16.5. The second-order valence-electron chi connectivity index (χ2n) is 8.41. The van der Waals surface area contributed by atoms with Crippen molar-refractivity contribution >= 4 is 17.5 Å². The predicted octanol–water partition coefficient (Wildman–Crippen LogP) is 4.91. The zero-order valence-corrected chi connectivity index (χ0v) is 18.7. The lowest BCUT2D eigenvalue weighted by atomic mass is 9.95. The highest BCUT2D eigenvalue weighted by molar-refractivity contribution is 6.03. The molecule has 0 aliphatic carbocycles. The maximum Gasteiger partial charge on any atom is 0.291 e. The number of rotatable bonds is 5. The third-order valence-corrected chi connectivity index (χ3v) is 5.97. The zero-order valence-electron chi connectivity index (χ0n) is 18.7. The van der Waals surface area contributed by atoms with Crippen molar-refractivity contribution in [1.82, 2.24) is 15.0 Å². The highest BCUT2D eigenvalue weighted by Gasteiger charge is 2.28. The Balaban J connectivity index is 1.21. The summed E-state index contributed by atoms with van der Waals surface area (Å²) in [6, 6.07) is 18.1. The van der Waals surface area contributed by atoms with Crippen LogP contribution in [0.2, 0.25) is 0 Å². The average molecular weight is 457 g/mol. The lowest BCUT2D eigenvalue weighted by Gasteiger charge is -2.30. The van der Waals surface area contributed by atoms with Gasteiger partial charge in [-0.15, -0.1) is 0 Å². The molecule has 34 heavy (non-hydrogen) atoms. The molecular weight excluding hydrogens is 432 g/mol. The van der Waals surface area contributed by atoms with E-state index in [9.17, 15) is 9.59 Å². The molecule has 1 saturated heterocycles. The number of amides is 2. The first-order chi connectivity index (χ1) is 16.6. The average Bonchev–Trinajstić information content (AvgIpc) is 3.57. The fraction of sp³-hybridized carbons (Fsp3) is 0.231. The first kappa shape index (κ1) is 21.6. The van der Waals surface area contributed by atoms with Crippen molar-refractivity contribution in [2.45, 2.75) is 25.7 Å². The topological polar surface area (TPSA) is 101 Å². The SMILES string of the molecule is Cc1cccc(-c2nc(C3CCN(C(=O)c4cccc(NC(=O)c5ccco5)c4)CC3)no2)c1. The van der Waals surface area contributed by atoms with Crippen LogP contribution in [0.3, 0.4) is 0 Å². The van der Waals surface area contributed by atoms with Gasteiger partial charge >= 0.3 is 0 Å². The molecule has 1 aliphatic heterocycles. The van der Waals surface area contributed by atoms with Gasteiger partial charge in [0.15, 0.2) is 11.6 Å². The van der Waals surface area contributed by atoms with Crippen LogP contribution in [0.15, 0.2) is 75.9 Å². The van der Waals surface area contributed by atoms with Gasteiger partial charge in [0, 0.05) is 35.8 Å². The number of anilines is 1. The molecule has 0 spiro atoms. The van der Waals surface area contributed by atoms with Crippen molar-refractivity contribution in [1.29, 1.82) is 0 Å². The smallest absolute Gasteiger partial charge is 0.291 e. The first-order valence-electron chi connectivity index (χ1n) is 11.2. The van der Waals surface area contributed by atoms with Crippen molar-refractivity contribution in [3.63, 3.8) is 0 Å². The maximum atomic E-state index is 13.1. The molecule has 172 valence electrons. The van der Waals surface area contributed by atoms with Crippen LogP contribution in [0.1, 0.15) is 51.1 Å². The van der Waals surface area contributed by atoms with Crippen LogP contribution in [-0.2, 0) is 0 Å². The fourth-order valence-corrected chi connectivity index (χ4v) is 4.15. The summed E-state index contributed by atoms with van der Waals surface area (Å²) in [4.78, 5) is 31.7. The lowest BCUT2D eigenvalue weighted by Crippen LogP contribution is -2.38. The van der Waals surface area contributed by atoms with E-state index in [0.29, 0.717) is 36.1 Å². The third kappa shape index (κ3) is 4.61. The Bertz CT molecular complexity index is 1300. The molecule has 3 heterocycles. The Morgan fingerprint density at radius 1 is 1.03 bits per heavy atom. The minimum absolute atomic E-state index is 0.0684. The van der Waals surface area contributed by atoms with Gasteiger partial charge in [-0.3, -0.25) is 9.59 Å². The van der Waals surface area contributed by atoms with Crippen LogP contribution >= 0.6 is 0 Å². The molecule has 0 radical (unpaired) electrons. The number of aromatic nitrogens is 2. The van der Waals surface area contributed by atoms with Gasteiger partial charge in [-0.05, 0) is 62.2 Å². The van der Waals surface area contributed by atoms with Gasteiger partial charge in [-0.2, -0.15) is 4.98 Å². The molecule has 1 aliphatic rings. The fourth-order valence-electron chi connectivity index (χ4n) is 4.15. The number of hydrogen-bond donors (Lipinski definition) is 1. The molecule has 8 nitrogen and oxygen atoms in total. The van der Waals surface area contributed by atoms with Gasteiger partial charge in [-0.1, -0.05) is 28.9 Å². The van der Waals surface area contributed by atoms with Crippen LogP contribution < -0.4 is 5.32 Å². The summed E-state index contributed by atoms with van der Waals surface area (Å²) in [5.41, 5.74) is 3.11. The Labute approximate surface area is 196 Å². The molecule has 0 unspecified atom stereocenters. The van der Waals surface area contributed by atoms with Crippen LogP contribution in [0.25, 0.3) is 11.5 Å². The number of hydrogen-bond acceptors (Lipinski definition) is 6. The first-order valence-corrected chi connectivity index (χ1v) is 11.2. The molecule has 4 aromatic rings. The number of benzene rings is 2. The van der Waals surface area contributed by atoms with E-state index in [1.54, 1.807) is 36.4 Å². The third-order valence-electron chi connectivity index (χ3n) is 5.97. The van der Waals surface area contributed by atoms with E-state index in [2.05, 4.69) is 15.5 Å². The molecule has 2 aromatic carbocycles. The van der Waals surface area contributed by atoms with Crippen LogP contribution in [0, 0.1) is 6.92 Å². The molecule has 1 N–H and O–H groups in total. The summed E-state index contributed by atoms with van der Waals surface area (Å²) in [5.74, 6) is 1.13. The van der Waals surface area contributed by atoms with E-state index in [1.807, 2.05) is 36.1 Å². The summed E-state index contributed by atoms with van der Waals surface area (Å²) < 4.78 is 10.6. The van der Waals surface area contributed by atoms with Gasteiger partial charge in [0.25, 0.3) is 17.7 Å². The van der Waals surface area contributed by atoms with E-state index >= 15 is 0 Å². The molecule has 1 fully saturated rings.